The average molecular weight is 437 g/mol. The van der Waals surface area contributed by atoms with E-state index in [1.807, 2.05) is 68.4 Å². The van der Waals surface area contributed by atoms with Gasteiger partial charge in [-0.1, -0.05) is 42.5 Å². The molecule has 0 aliphatic carbocycles. The Morgan fingerprint density at radius 2 is 1.91 bits per heavy atom. The van der Waals surface area contributed by atoms with Gasteiger partial charge in [0, 0.05) is 13.0 Å². The second-order valence-electron chi connectivity index (χ2n) is 8.03. The van der Waals surface area contributed by atoms with Crippen molar-refractivity contribution in [1.82, 2.24) is 19.8 Å². The molecular weight excluding hydrogens is 408 g/mol. The second kappa shape index (κ2) is 9.40. The van der Waals surface area contributed by atoms with Gasteiger partial charge in [-0.2, -0.15) is 0 Å². The first-order valence-electron chi connectivity index (χ1n) is 10.9. The number of rotatable bonds is 6. The Hall–Kier alpha value is -3.39. The molecule has 1 aromatic heterocycles. The lowest BCUT2D eigenvalue weighted by atomic mass is 10.1. The lowest BCUT2D eigenvalue weighted by Crippen LogP contribution is -2.47. The molecule has 2 heterocycles. The zero-order valence-corrected chi connectivity index (χ0v) is 18.3. The average Bonchev–Trinajstić information content (AvgIpc) is 3.38. The highest BCUT2D eigenvalue weighted by molar-refractivity contribution is 5.86. The summed E-state index contributed by atoms with van der Waals surface area (Å²) in [6.07, 6.45) is -1.21. The van der Waals surface area contributed by atoms with E-state index in [9.17, 15) is 14.7 Å². The fourth-order valence-electron chi connectivity index (χ4n) is 4.20. The van der Waals surface area contributed by atoms with Crippen LogP contribution in [0.4, 0.5) is 4.79 Å². The molecule has 3 atom stereocenters. The first-order valence-corrected chi connectivity index (χ1v) is 10.9. The SMILES string of the molecule is CCn1c(C(C)NC(=O)[C@@H]2C[C@@H](O)CN2C(=O)OCc2ccccc2)nc2ccccc21. The highest BCUT2D eigenvalue weighted by Gasteiger charge is 2.40. The number of carbonyl (C=O) groups excluding carboxylic acids is 2. The van der Waals surface area contributed by atoms with E-state index in [1.165, 1.54) is 4.90 Å². The normalized spacial score (nSPS) is 19.2. The summed E-state index contributed by atoms with van der Waals surface area (Å²) >= 11 is 0. The molecule has 1 unspecified atom stereocenters. The quantitative estimate of drug-likeness (QED) is 0.619. The van der Waals surface area contributed by atoms with Gasteiger partial charge in [-0.05, 0) is 31.5 Å². The fraction of sp³-hybridized carbons (Fsp3) is 0.375. The number of fused-ring (bicyclic) bond motifs is 1. The predicted octanol–water partition coefficient (Wildman–Crippen LogP) is 3.01. The number of nitrogens with one attached hydrogen (secondary N) is 1. The van der Waals surface area contributed by atoms with Crippen molar-refractivity contribution in [2.45, 2.75) is 51.6 Å². The Bertz CT molecular complexity index is 1100. The molecule has 32 heavy (non-hydrogen) atoms. The Morgan fingerprint density at radius 3 is 2.66 bits per heavy atom. The summed E-state index contributed by atoms with van der Waals surface area (Å²) in [7, 11) is 0. The fourth-order valence-corrected chi connectivity index (χ4v) is 4.20. The van der Waals surface area contributed by atoms with Gasteiger partial charge in [-0.3, -0.25) is 9.69 Å². The van der Waals surface area contributed by atoms with E-state index in [0.29, 0.717) is 0 Å². The number of likely N-dealkylation sites (tertiary alicyclic amines) is 1. The van der Waals surface area contributed by atoms with Crippen LogP contribution >= 0.6 is 0 Å². The number of aliphatic hydroxyl groups is 1. The van der Waals surface area contributed by atoms with Gasteiger partial charge in [0.15, 0.2) is 0 Å². The number of hydrogen-bond donors (Lipinski definition) is 2. The second-order valence-corrected chi connectivity index (χ2v) is 8.03. The number of aromatic nitrogens is 2. The van der Waals surface area contributed by atoms with Crippen molar-refractivity contribution in [2.24, 2.45) is 0 Å². The maximum atomic E-state index is 13.1. The summed E-state index contributed by atoms with van der Waals surface area (Å²) in [5.74, 6) is 0.416. The number of β-amino-alcohol motifs (C(OH)–C–C–N with tert-alkyl or cyclic N) is 1. The molecule has 0 radical (unpaired) electrons. The maximum absolute atomic E-state index is 13.1. The molecule has 0 spiro atoms. The number of para-hydroxylation sites is 2. The topological polar surface area (TPSA) is 96.7 Å². The van der Waals surface area contributed by atoms with E-state index in [2.05, 4.69) is 14.9 Å². The molecule has 0 saturated carbocycles. The number of imidazole rings is 1. The Morgan fingerprint density at radius 1 is 1.19 bits per heavy atom. The van der Waals surface area contributed by atoms with E-state index in [1.54, 1.807) is 0 Å². The van der Waals surface area contributed by atoms with E-state index in [0.717, 1.165) is 29.0 Å². The Labute approximate surface area is 186 Å². The maximum Gasteiger partial charge on any atom is 0.410 e. The molecule has 8 heteroatoms. The number of aliphatic hydroxyl groups excluding tert-OH is 1. The first kappa shape index (κ1) is 21.8. The van der Waals surface area contributed by atoms with Crippen LogP contribution in [0.15, 0.2) is 54.6 Å². The van der Waals surface area contributed by atoms with Crippen molar-refractivity contribution >= 4 is 23.0 Å². The molecule has 2 N–H and O–H groups in total. The van der Waals surface area contributed by atoms with Gasteiger partial charge < -0.3 is 19.7 Å². The third-order valence-corrected chi connectivity index (χ3v) is 5.77. The summed E-state index contributed by atoms with van der Waals surface area (Å²) in [6.45, 7) is 4.79. The minimum absolute atomic E-state index is 0.0631. The summed E-state index contributed by atoms with van der Waals surface area (Å²) < 4.78 is 7.45. The van der Waals surface area contributed by atoms with Crippen LogP contribution in [0.1, 0.15) is 37.7 Å². The van der Waals surface area contributed by atoms with E-state index in [-0.39, 0.29) is 31.5 Å². The molecule has 8 nitrogen and oxygen atoms in total. The van der Waals surface area contributed by atoms with Crippen LogP contribution in [-0.2, 0) is 22.7 Å². The summed E-state index contributed by atoms with van der Waals surface area (Å²) in [5.41, 5.74) is 2.73. The lowest BCUT2D eigenvalue weighted by molar-refractivity contribution is -0.125. The highest BCUT2D eigenvalue weighted by Crippen LogP contribution is 2.23. The van der Waals surface area contributed by atoms with Crippen molar-refractivity contribution in [3.8, 4) is 0 Å². The number of ether oxygens (including phenoxy) is 1. The lowest BCUT2D eigenvalue weighted by Gasteiger charge is -2.24. The smallest absolute Gasteiger partial charge is 0.410 e. The van der Waals surface area contributed by atoms with Crippen LogP contribution in [0.5, 0.6) is 0 Å². The van der Waals surface area contributed by atoms with Crippen LogP contribution in [0.2, 0.25) is 0 Å². The Kier molecular flexibility index (Phi) is 6.41. The third kappa shape index (κ3) is 4.45. The van der Waals surface area contributed by atoms with Crippen molar-refractivity contribution in [3.05, 3.63) is 66.0 Å². The van der Waals surface area contributed by atoms with Gasteiger partial charge in [0.2, 0.25) is 5.91 Å². The van der Waals surface area contributed by atoms with Crippen LogP contribution < -0.4 is 5.32 Å². The van der Waals surface area contributed by atoms with Gasteiger partial charge >= 0.3 is 6.09 Å². The molecule has 4 rings (SSSR count). The van der Waals surface area contributed by atoms with Gasteiger partial charge in [-0.15, -0.1) is 0 Å². The van der Waals surface area contributed by atoms with Gasteiger partial charge in [0.25, 0.3) is 0 Å². The summed E-state index contributed by atoms with van der Waals surface area (Å²) in [6, 6.07) is 16.0. The van der Waals surface area contributed by atoms with Crippen molar-refractivity contribution in [3.63, 3.8) is 0 Å². The number of hydrogen-bond acceptors (Lipinski definition) is 5. The van der Waals surface area contributed by atoms with Crippen LogP contribution in [0.25, 0.3) is 11.0 Å². The predicted molar refractivity (Wildman–Crippen MR) is 120 cm³/mol. The minimum atomic E-state index is -0.796. The molecule has 1 saturated heterocycles. The van der Waals surface area contributed by atoms with Gasteiger partial charge in [0.05, 0.1) is 29.7 Å². The molecule has 3 aromatic rings. The van der Waals surface area contributed by atoms with Crippen LogP contribution in [-0.4, -0.2) is 50.2 Å². The molecular formula is C24H28N4O4. The zero-order valence-electron chi connectivity index (χ0n) is 18.3. The van der Waals surface area contributed by atoms with Crippen molar-refractivity contribution in [1.29, 1.82) is 0 Å². The molecule has 1 fully saturated rings. The number of aryl methyl sites for hydroxylation is 1. The van der Waals surface area contributed by atoms with Gasteiger partial charge in [0.1, 0.15) is 18.5 Å². The molecule has 2 amide bonds. The highest BCUT2D eigenvalue weighted by atomic mass is 16.6. The Balaban J connectivity index is 1.45. The number of benzene rings is 2. The van der Waals surface area contributed by atoms with E-state index >= 15 is 0 Å². The van der Waals surface area contributed by atoms with E-state index in [4.69, 9.17) is 4.74 Å². The number of carbonyl (C=O) groups is 2. The summed E-state index contributed by atoms with van der Waals surface area (Å²) in [5, 5.41) is 13.1. The largest absolute Gasteiger partial charge is 0.445 e. The molecule has 1 aliphatic rings. The molecule has 1 aliphatic heterocycles. The molecule has 168 valence electrons. The van der Waals surface area contributed by atoms with Crippen molar-refractivity contribution < 1.29 is 19.4 Å². The first-order chi connectivity index (χ1) is 15.5. The number of nitrogens with zero attached hydrogens (tertiary/aromatic N) is 3. The number of amides is 2. The van der Waals surface area contributed by atoms with E-state index < -0.39 is 18.2 Å². The molecule has 0 bridgehead atoms. The third-order valence-electron chi connectivity index (χ3n) is 5.77. The van der Waals surface area contributed by atoms with Crippen LogP contribution in [0.3, 0.4) is 0 Å². The molecule has 2 aromatic carbocycles. The monoisotopic (exact) mass is 436 g/mol. The van der Waals surface area contributed by atoms with Gasteiger partial charge in [-0.25, -0.2) is 9.78 Å². The summed E-state index contributed by atoms with van der Waals surface area (Å²) in [4.78, 5) is 31.7. The minimum Gasteiger partial charge on any atom is -0.445 e. The van der Waals surface area contributed by atoms with Crippen LogP contribution in [0, 0.1) is 0 Å². The standard InChI is InChI=1S/C24H28N4O4/c1-3-27-20-12-8-7-11-19(20)26-22(27)16(2)25-23(30)21-13-18(29)14-28(21)24(31)32-15-17-9-5-4-6-10-17/h4-12,16,18,21,29H,3,13-15H2,1-2H3,(H,25,30)/t16?,18-,21+/m1/s1. The zero-order chi connectivity index (χ0) is 22.7. The van der Waals surface area contributed by atoms with Crippen molar-refractivity contribution in [2.75, 3.05) is 6.54 Å².